The molecule has 2 rings (SSSR count). The minimum atomic E-state index is -0.574. The number of para-hydroxylation sites is 1. The van der Waals surface area contributed by atoms with E-state index >= 15 is 0 Å². The first-order valence-corrected chi connectivity index (χ1v) is 8.60. The van der Waals surface area contributed by atoms with Crippen LogP contribution in [-0.4, -0.2) is 55.5 Å². The normalized spacial score (nSPS) is 16.7. The number of amides is 2. The lowest BCUT2D eigenvalue weighted by molar-refractivity contribution is -0.133. The second-order valence-electron chi connectivity index (χ2n) is 6.54. The first kappa shape index (κ1) is 18.3. The maximum atomic E-state index is 12.3. The zero-order chi connectivity index (χ0) is 17.5. The van der Waals surface area contributed by atoms with Gasteiger partial charge in [0.2, 0.25) is 11.8 Å². The quantitative estimate of drug-likeness (QED) is 0.837. The van der Waals surface area contributed by atoms with E-state index in [1.165, 1.54) is 5.69 Å². The lowest BCUT2D eigenvalue weighted by Crippen LogP contribution is -2.48. The molecule has 1 fully saturated rings. The topological polar surface area (TPSA) is 78.7 Å². The largest absolute Gasteiger partial charge is 0.370 e. The van der Waals surface area contributed by atoms with E-state index < -0.39 is 6.04 Å². The number of rotatable bonds is 5. The summed E-state index contributed by atoms with van der Waals surface area (Å²) in [5, 5.41) is 2.66. The number of nitrogens with two attached hydrogens (primary N) is 1. The highest BCUT2D eigenvalue weighted by molar-refractivity contribution is 5.87. The van der Waals surface area contributed by atoms with Crippen molar-refractivity contribution in [1.82, 2.24) is 10.2 Å². The standard InChI is InChI=1S/C18H28N4O2/c1-14(2)17(19)18(24)20-13-16(23)22-10-6-9-21(11-12-22)15-7-4-3-5-8-15/h3-5,7-8,14,17H,6,9-13,19H2,1-2H3,(H,20,24)/t17-/m0/s1. The van der Waals surface area contributed by atoms with Crippen LogP contribution in [0, 0.1) is 5.92 Å². The van der Waals surface area contributed by atoms with Crippen LogP contribution in [0.3, 0.4) is 0 Å². The van der Waals surface area contributed by atoms with Gasteiger partial charge in [-0.15, -0.1) is 0 Å². The number of carbonyl (C=O) groups is 2. The average Bonchev–Trinajstić information content (AvgIpc) is 2.85. The summed E-state index contributed by atoms with van der Waals surface area (Å²) in [5.74, 6) is -0.258. The average molecular weight is 332 g/mol. The summed E-state index contributed by atoms with van der Waals surface area (Å²) in [7, 11) is 0. The zero-order valence-electron chi connectivity index (χ0n) is 14.6. The van der Waals surface area contributed by atoms with E-state index in [1.54, 1.807) is 0 Å². The van der Waals surface area contributed by atoms with Crippen LogP contribution >= 0.6 is 0 Å². The minimum Gasteiger partial charge on any atom is -0.370 e. The lowest BCUT2D eigenvalue weighted by atomic mass is 10.1. The minimum absolute atomic E-state index is 0.0184. The Morgan fingerprint density at radius 1 is 1.12 bits per heavy atom. The van der Waals surface area contributed by atoms with Gasteiger partial charge in [0.25, 0.3) is 0 Å². The van der Waals surface area contributed by atoms with Gasteiger partial charge in [-0.05, 0) is 24.5 Å². The van der Waals surface area contributed by atoms with Crippen molar-refractivity contribution < 1.29 is 9.59 Å². The summed E-state index contributed by atoms with van der Waals surface area (Å²) in [6, 6.07) is 9.65. The van der Waals surface area contributed by atoms with Crippen molar-refractivity contribution in [2.45, 2.75) is 26.3 Å². The van der Waals surface area contributed by atoms with Crippen molar-refractivity contribution >= 4 is 17.5 Å². The summed E-state index contributed by atoms with van der Waals surface area (Å²) in [4.78, 5) is 28.3. The first-order chi connectivity index (χ1) is 11.5. The Kier molecular flexibility index (Phi) is 6.61. The van der Waals surface area contributed by atoms with Crippen LogP contribution in [0.15, 0.2) is 30.3 Å². The summed E-state index contributed by atoms with van der Waals surface area (Å²) in [6.45, 7) is 6.91. The molecule has 24 heavy (non-hydrogen) atoms. The molecule has 3 N–H and O–H groups in total. The second kappa shape index (κ2) is 8.68. The summed E-state index contributed by atoms with van der Waals surface area (Å²) in [6.07, 6.45) is 0.917. The van der Waals surface area contributed by atoms with E-state index in [2.05, 4.69) is 22.3 Å². The molecule has 1 heterocycles. The first-order valence-electron chi connectivity index (χ1n) is 8.60. The van der Waals surface area contributed by atoms with Gasteiger partial charge in [-0.3, -0.25) is 9.59 Å². The number of nitrogens with one attached hydrogen (secondary N) is 1. The fourth-order valence-electron chi connectivity index (χ4n) is 2.76. The number of carbonyl (C=O) groups excluding carboxylic acids is 2. The summed E-state index contributed by atoms with van der Waals surface area (Å²) in [5.41, 5.74) is 6.97. The molecule has 1 aromatic rings. The highest BCUT2D eigenvalue weighted by atomic mass is 16.2. The molecule has 0 aliphatic carbocycles. The van der Waals surface area contributed by atoms with Gasteiger partial charge >= 0.3 is 0 Å². The molecule has 0 spiro atoms. The molecule has 1 aliphatic heterocycles. The van der Waals surface area contributed by atoms with Crippen molar-refractivity contribution in [3.63, 3.8) is 0 Å². The number of anilines is 1. The molecule has 0 saturated carbocycles. The Labute approximate surface area is 144 Å². The second-order valence-corrected chi connectivity index (χ2v) is 6.54. The third-order valence-corrected chi connectivity index (χ3v) is 4.40. The molecule has 1 atom stereocenters. The van der Waals surface area contributed by atoms with Crippen molar-refractivity contribution in [2.24, 2.45) is 11.7 Å². The van der Waals surface area contributed by atoms with E-state index in [0.29, 0.717) is 13.1 Å². The van der Waals surface area contributed by atoms with Crippen molar-refractivity contribution in [3.8, 4) is 0 Å². The van der Waals surface area contributed by atoms with Gasteiger partial charge in [-0.25, -0.2) is 0 Å². The van der Waals surface area contributed by atoms with Crippen LogP contribution in [-0.2, 0) is 9.59 Å². The molecule has 2 amide bonds. The highest BCUT2D eigenvalue weighted by Crippen LogP contribution is 2.15. The third-order valence-electron chi connectivity index (χ3n) is 4.40. The molecule has 0 radical (unpaired) electrons. The number of benzene rings is 1. The predicted octanol–water partition coefficient (Wildman–Crippen LogP) is 0.825. The van der Waals surface area contributed by atoms with Gasteiger partial charge in [0.15, 0.2) is 0 Å². The molecule has 0 bridgehead atoms. The Morgan fingerprint density at radius 2 is 1.83 bits per heavy atom. The van der Waals surface area contributed by atoms with E-state index in [0.717, 1.165) is 19.5 Å². The van der Waals surface area contributed by atoms with E-state index in [1.807, 2.05) is 36.9 Å². The molecule has 1 aliphatic rings. The molecule has 1 saturated heterocycles. The predicted molar refractivity (Wildman–Crippen MR) is 95.7 cm³/mol. The van der Waals surface area contributed by atoms with Crippen LogP contribution < -0.4 is 16.0 Å². The number of hydrogen-bond donors (Lipinski definition) is 2. The molecule has 6 heteroatoms. The van der Waals surface area contributed by atoms with Crippen LogP contribution in [0.4, 0.5) is 5.69 Å². The zero-order valence-corrected chi connectivity index (χ0v) is 14.6. The van der Waals surface area contributed by atoms with Gasteiger partial charge in [0.05, 0.1) is 12.6 Å². The van der Waals surface area contributed by atoms with Crippen LogP contribution in [0.1, 0.15) is 20.3 Å². The molecule has 132 valence electrons. The van der Waals surface area contributed by atoms with Gasteiger partial charge in [-0.2, -0.15) is 0 Å². The fourth-order valence-corrected chi connectivity index (χ4v) is 2.76. The molecular weight excluding hydrogens is 304 g/mol. The van der Waals surface area contributed by atoms with E-state index in [9.17, 15) is 9.59 Å². The van der Waals surface area contributed by atoms with Gasteiger partial charge in [0, 0.05) is 31.9 Å². The Morgan fingerprint density at radius 3 is 2.50 bits per heavy atom. The van der Waals surface area contributed by atoms with Crippen molar-refractivity contribution in [1.29, 1.82) is 0 Å². The molecule has 1 aromatic carbocycles. The smallest absolute Gasteiger partial charge is 0.242 e. The molecule has 6 nitrogen and oxygen atoms in total. The monoisotopic (exact) mass is 332 g/mol. The maximum absolute atomic E-state index is 12.3. The number of hydrogen-bond acceptors (Lipinski definition) is 4. The maximum Gasteiger partial charge on any atom is 0.242 e. The van der Waals surface area contributed by atoms with Crippen molar-refractivity contribution in [3.05, 3.63) is 30.3 Å². The SMILES string of the molecule is CC(C)[C@H](N)C(=O)NCC(=O)N1CCCN(c2ccccc2)CC1. The fraction of sp³-hybridized carbons (Fsp3) is 0.556. The van der Waals surface area contributed by atoms with Gasteiger partial charge < -0.3 is 20.9 Å². The molecular formula is C18H28N4O2. The lowest BCUT2D eigenvalue weighted by Gasteiger charge is -2.24. The Balaban J connectivity index is 1.83. The Bertz CT molecular complexity index is 547. The van der Waals surface area contributed by atoms with Gasteiger partial charge in [-0.1, -0.05) is 32.0 Å². The third kappa shape index (κ3) is 4.96. The number of nitrogens with zero attached hydrogens (tertiary/aromatic N) is 2. The van der Waals surface area contributed by atoms with Crippen LogP contribution in [0.2, 0.25) is 0 Å². The summed E-state index contributed by atoms with van der Waals surface area (Å²) < 4.78 is 0. The van der Waals surface area contributed by atoms with Crippen LogP contribution in [0.5, 0.6) is 0 Å². The Hall–Kier alpha value is -2.08. The van der Waals surface area contributed by atoms with Crippen LogP contribution in [0.25, 0.3) is 0 Å². The summed E-state index contributed by atoms with van der Waals surface area (Å²) >= 11 is 0. The van der Waals surface area contributed by atoms with E-state index in [4.69, 9.17) is 5.73 Å². The van der Waals surface area contributed by atoms with Gasteiger partial charge in [0.1, 0.15) is 0 Å². The van der Waals surface area contributed by atoms with Crippen molar-refractivity contribution in [2.75, 3.05) is 37.6 Å². The molecule has 0 unspecified atom stereocenters. The van der Waals surface area contributed by atoms with E-state index in [-0.39, 0.29) is 24.3 Å². The highest BCUT2D eigenvalue weighted by Gasteiger charge is 2.21. The molecule has 0 aromatic heterocycles.